The van der Waals surface area contributed by atoms with Crippen molar-refractivity contribution >= 4 is 49.9 Å². The Morgan fingerprint density at radius 3 is 2.74 bits per heavy atom. The summed E-state index contributed by atoms with van der Waals surface area (Å²) in [6, 6.07) is 11.8. The molecule has 0 bridgehead atoms. The molecule has 3 nitrogen and oxygen atoms in total. The van der Waals surface area contributed by atoms with Gasteiger partial charge in [0.05, 0.1) is 26.9 Å². The Labute approximate surface area is 123 Å². The number of anilines is 2. The second kappa shape index (κ2) is 5.15. The van der Waals surface area contributed by atoms with Gasteiger partial charge in [0.15, 0.2) is 0 Å². The van der Waals surface area contributed by atoms with Crippen LogP contribution in [0.4, 0.5) is 11.5 Å². The lowest BCUT2D eigenvalue weighted by Gasteiger charge is -2.08. The number of rotatable bonds is 2. The number of halogens is 2. The highest BCUT2D eigenvalue weighted by Crippen LogP contribution is 2.26. The van der Waals surface area contributed by atoms with E-state index in [1.165, 1.54) is 0 Å². The molecule has 1 N–H and O–H groups in total. The molecule has 0 aliphatic rings. The van der Waals surface area contributed by atoms with Gasteiger partial charge in [0.2, 0.25) is 0 Å². The smallest absolute Gasteiger partial charge is 0.144 e. The van der Waals surface area contributed by atoms with Crippen LogP contribution in [0.2, 0.25) is 5.02 Å². The molecule has 1 aromatic carbocycles. The SMILES string of the molecule is Clc1cnc(Nc2cnc3ccccc3c2)c(Br)c1. The van der Waals surface area contributed by atoms with Crippen molar-refractivity contribution < 1.29 is 0 Å². The predicted molar refractivity (Wildman–Crippen MR) is 82.0 cm³/mol. The lowest BCUT2D eigenvalue weighted by Crippen LogP contribution is -1.95. The number of pyridine rings is 2. The molecule has 0 unspecified atom stereocenters. The van der Waals surface area contributed by atoms with Crippen molar-refractivity contribution in [1.82, 2.24) is 9.97 Å². The Hall–Kier alpha value is -1.65. The normalized spacial score (nSPS) is 10.6. The average molecular weight is 335 g/mol. The van der Waals surface area contributed by atoms with E-state index < -0.39 is 0 Å². The zero-order valence-corrected chi connectivity index (χ0v) is 12.1. The molecule has 3 rings (SSSR count). The van der Waals surface area contributed by atoms with Gasteiger partial charge in [-0.2, -0.15) is 0 Å². The molecular formula is C14H9BrClN3. The van der Waals surface area contributed by atoms with Crippen molar-refractivity contribution in [2.24, 2.45) is 0 Å². The molecule has 0 aliphatic heterocycles. The molecule has 0 radical (unpaired) electrons. The highest BCUT2D eigenvalue weighted by Gasteiger charge is 2.04. The molecule has 19 heavy (non-hydrogen) atoms. The zero-order chi connectivity index (χ0) is 13.2. The number of hydrogen-bond donors (Lipinski definition) is 1. The summed E-state index contributed by atoms with van der Waals surface area (Å²) in [4.78, 5) is 8.63. The summed E-state index contributed by atoms with van der Waals surface area (Å²) in [7, 11) is 0. The topological polar surface area (TPSA) is 37.8 Å². The van der Waals surface area contributed by atoms with Gasteiger partial charge in [-0.1, -0.05) is 29.8 Å². The first-order valence-corrected chi connectivity index (χ1v) is 6.82. The van der Waals surface area contributed by atoms with Gasteiger partial charge >= 0.3 is 0 Å². The fraction of sp³-hybridized carbons (Fsp3) is 0. The van der Waals surface area contributed by atoms with E-state index in [-0.39, 0.29) is 0 Å². The molecule has 0 atom stereocenters. The van der Waals surface area contributed by atoms with Gasteiger partial charge in [-0.05, 0) is 34.1 Å². The second-order valence-electron chi connectivity index (χ2n) is 4.03. The van der Waals surface area contributed by atoms with E-state index in [4.69, 9.17) is 11.6 Å². The maximum absolute atomic E-state index is 5.87. The van der Waals surface area contributed by atoms with Crippen molar-refractivity contribution in [3.8, 4) is 0 Å². The minimum absolute atomic E-state index is 0.592. The van der Waals surface area contributed by atoms with Crippen LogP contribution in [0, 0.1) is 0 Å². The number of aromatic nitrogens is 2. The molecule has 94 valence electrons. The van der Waals surface area contributed by atoms with Crippen LogP contribution in [0.5, 0.6) is 0 Å². The third-order valence-electron chi connectivity index (χ3n) is 2.66. The van der Waals surface area contributed by atoms with Gasteiger partial charge in [0, 0.05) is 11.6 Å². The number of benzene rings is 1. The van der Waals surface area contributed by atoms with Gasteiger partial charge in [-0.25, -0.2) is 4.98 Å². The number of nitrogens with zero attached hydrogens (tertiary/aromatic N) is 2. The number of nitrogens with one attached hydrogen (secondary N) is 1. The molecular weight excluding hydrogens is 326 g/mol. The second-order valence-corrected chi connectivity index (χ2v) is 5.32. The summed E-state index contributed by atoms with van der Waals surface area (Å²) in [5.74, 6) is 0.710. The molecule has 5 heteroatoms. The van der Waals surface area contributed by atoms with Crippen molar-refractivity contribution in [1.29, 1.82) is 0 Å². The van der Waals surface area contributed by atoms with Crippen LogP contribution in [0.25, 0.3) is 10.9 Å². The highest BCUT2D eigenvalue weighted by atomic mass is 79.9. The predicted octanol–water partition coefficient (Wildman–Crippen LogP) is 4.79. The van der Waals surface area contributed by atoms with E-state index in [0.29, 0.717) is 10.8 Å². The van der Waals surface area contributed by atoms with E-state index in [0.717, 1.165) is 21.1 Å². The summed E-state index contributed by atoms with van der Waals surface area (Å²) in [5.41, 5.74) is 1.85. The summed E-state index contributed by atoms with van der Waals surface area (Å²) < 4.78 is 0.813. The molecule has 0 aliphatic carbocycles. The van der Waals surface area contributed by atoms with Crippen LogP contribution in [-0.4, -0.2) is 9.97 Å². The number of hydrogen-bond acceptors (Lipinski definition) is 3. The van der Waals surface area contributed by atoms with Crippen LogP contribution in [0.3, 0.4) is 0 Å². The molecule has 2 aromatic heterocycles. The molecule has 0 fully saturated rings. The molecule has 0 amide bonds. The molecule has 2 heterocycles. The third kappa shape index (κ3) is 2.69. The van der Waals surface area contributed by atoms with Crippen LogP contribution >= 0.6 is 27.5 Å². The fourth-order valence-electron chi connectivity index (χ4n) is 1.78. The van der Waals surface area contributed by atoms with Gasteiger partial charge in [-0.3, -0.25) is 4.98 Å². The summed E-state index contributed by atoms with van der Waals surface area (Å²) in [6.45, 7) is 0. The monoisotopic (exact) mass is 333 g/mol. The fourth-order valence-corrected chi connectivity index (χ4v) is 2.52. The van der Waals surface area contributed by atoms with E-state index in [1.807, 2.05) is 30.3 Å². The maximum atomic E-state index is 5.87. The van der Waals surface area contributed by atoms with Crippen LogP contribution in [-0.2, 0) is 0 Å². The number of fused-ring (bicyclic) bond motifs is 1. The molecule has 0 saturated carbocycles. The lowest BCUT2D eigenvalue weighted by atomic mass is 10.2. The lowest BCUT2D eigenvalue weighted by molar-refractivity contribution is 1.28. The quantitative estimate of drug-likeness (QED) is 0.732. The van der Waals surface area contributed by atoms with Crippen LogP contribution < -0.4 is 5.32 Å². The summed E-state index contributed by atoms with van der Waals surface area (Å²) in [5, 5.41) is 4.89. The van der Waals surface area contributed by atoms with E-state index in [1.54, 1.807) is 18.5 Å². The first-order valence-electron chi connectivity index (χ1n) is 5.65. The van der Waals surface area contributed by atoms with Gasteiger partial charge < -0.3 is 5.32 Å². The standard InChI is InChI=1S/C14H9BrClN3/c15-12-6-10(16)7-18-14(12)19-11-5-9-3-1-2-4-13(9)17-8-11/h1-8H,(H,18,19). The van der Waals surface area contributed by atoms with Crippen LogP contribution in [0.15, 0.2) is 53.3 Å². The largest absolute Gasteiger partial charge is 0.338 e. The Bertz CT molecular complexity index is 746. The highest BCUT2D eigenvalue weighted by molar-refractivity contribution is 9.10. The van der Waals surface area contributed by atoms with Crippen molar-refractivity contribution in [3.05, 3.63) is 58.3 Å². The van der Waals surface area contributed by atoms with Crippen molar-refractivity contribution in [3.63, 3.8) is 0 Å². The summed E-state index contributed by atoms with van der Waals surface area (Å²) >= 11 is 9.29. The molecule has 0 saturated heterocycles. The first-order chi connectivity index (χ1) is 9.22. The van der Waals surface area contributed by atoms with Gasteiger partial charge in [0.1, 0.15) is 5.82 Å². The minimum atomic E-state index is 0.592. The molecule has 3 aromatic rings. The van der Waals surface area contributed by atoms with E-state index in [9.17, 15) is 0 Å². The maximum Gasteiger partial charge on any atom is 0.144 e. The Morgan fingerprint density at radius 1 is 1.05 bits per heavy atom. The third-order valence-corrected chi connectivity index (χ3v) is 3.47. The van der Waals surface area contributed by atoms with E-state index >= 15 is 0 Å². The number of para-hydroxylation sites is 1. The van der Waals surface area contributed by atoms with Gasteiger partial charge in [-0.15, -0.1) is 0 Å². The van der Waals surface area contributed by atoms with Gasteiger partial charge in [0.25, 0.3) is 0 Å². The Morgan fingerprint density at radius 2 is 1.89 bits per heavy atom. The first kappa shape index (κ1) is 12.4. The Balaban J connectivity index is 1.96. The van der Waals surface area contributed by atoms with Crippen LogP contribution in [0.1, 0.15) is 0 Å². The average Bonchev–Trinajstić information content (AvgIpc) is 2.42. The van der Waals surface area contributed by atoms with E-state index in [2.05, 4.69) is 31.2 Å². The zero-order valence-electron chi connectivity index (χ0n) is 9.77. The molecule has 0 spiro atoms. The van der Waals surface area contributed by atoms with Crippen molar-refractivity contribution in [2.75, 3.05) is 5.32 Å². The minimum Gasteiger partial charge on any atom is -0.338 e. The van der Waals surface area contributed by atoms with Crippen molar-refractivity contribution in [2.45, 2.75) is 0 Å². The Kier molecular flexibility index (Phi) is 3.36. The summed E-state index contributed by atoms with van der Waals surface area (Å²) in [6.07, 6.45) is 3.38.